The fourth-order valence-corrected chi connectivity index (χ4v) is 2.90. The highest BCUT2D eigenvalue weighted by Gasteiger charge is 2.26. The Balaban J connectivity index is 1.52. The highest BCUT2D eigenvalue weighted by Crippen LogP contribution is 2.18. The van der Waals surface area contributed by atoms with Gasteiger partial charge in [0.15, 0.2) is 0 Å². The smallest absolute Gasteiger partial charge is 0.321 e. The lowest BCUT2D eigenvalue weighted by Crippen LogP contribution is -2.44. The molecule has 1 aliphatic heterocycles. The maximum atomic E-state index is 13.6. The van der Waals surface area contributed by atoms with Crippen molar-refractivity contribution in [1.29, 1.82) is 0 Å². The Labute approximate surface area is 145 Å². The fourth-order valence-electron chi connectivity index (χ4n) is 2.90. The number of nitrogens with one attached hydrogen (secondary N) is 3. The number of carbonyl (C=O) groups is 1. The number of rotatable bonds is 3. The van der Waals surface area contributed by atoms with Gasteiger partial charge >= 0.3 is 6.03 Å². The summed E-state index contributed by atoms with van der Waals surface area (Å²) in [6, 6.07) is 8.95. The van der Waals surface area contributed by atoms with Crippen molar-refractivity contribution in [3.63, 3.8) is 0 Å². The number of likely N-dealkylation sites (tertiary alicyclic amines) is 1. The van der Waals surface area contributed by atoms with Gasteiger partial charge in [-0.05, 0) is 25.1 Å². The van der Waals surface area contributed by atoms with Gasteiger partial charge < -0.3 is 10.2 Å². The Morgan fingerprint density at radius 3 is 2.64 bits per heavy atom. The molecule has 3 rings (SSSR count). The van der Waals surface area contributed by atoms with Gasteiger partial charge in [0.1, 0.15) is 11.6 Å². The number of anilines is 2. The molecule has 25 heavy (non-hydrogen) atoms. The summed E-state index contributed by atoms with van der Waals surface area (Å²) in [4.78, 5) is 17.1. The Kier molecular flexibility index (Phi) is 5.11. The van der Waals surface area contributed by atoms with E-state index >= 15 is 0 Å². The molecule has 0 radical (unpaired) electrons. The minimum absolute atomic E-state index is 0.0130. The number of halogens is 2. The van der Waals surface area contributed by atoms with Crippen molar-refractivity contribution >= 4 is 17.5 Å². The van der Waals surface area contributed by atoms with Crippen LogP contribution in [0.15, 0.2) is 36.4 Å². The highest BCUT2D eigenvalue weighted by atomic mass is 19.1. The van der Waals surface area contributed by atoms with Crippen molar-refractivity contribution in [3.05, 3.63) is 53.7 Å². The van der Waals surface area contributed by atoms with Crippen LogP contribution in [0, 0.1) is 18.6 Å². The van der Waals surface area contributed by atoms with Crippen LogP contribution < -0.4 is 15.6 Å². The number of carbonyl (C=O) groups excluding carboxylic acids is 1. The van der Waals surface area contributed by atoms with Crippen molar-refractivity contribution in [2.75, 3.05) is 23.7 Å². The molecule has 2 aromatic rings. The molecule has 0 aliphatic carbocycles. The molecule has 2 amide bonds. The number of H-pyrrole nitrogens is 1. The maximum Gasteiger partial charge on any atom is 0.321 e. The second-order valence-corrected chi connectivity index (χ2v) is 6.21. The first-order valence-corrected chi connectivity index (χ1v) is 8.28. The molecule has 5 nitrogen and oxygen atoms in total. The van der Waals surface area contributed by atoms with E-state index in [2.05, 4.69) is 15.6 Å². The summed E-state index contributed by atoms with van der Waals surface area (Å²) in [5.41, 5.74) is 1.06. The minimum atomic E-state index is -0.778. The van der Waals surface area contributed by atoms with Crippen molar-refractivity contribution in [2.45, 2.75) is 25.8 Å². The van der Waals surface area contributed by atoms with Crippen LogP contribution in [-0.2, 0) is 0 Å². The van der Waals surface area contributed by atoms with E-state index in [4.69, 9.17) is 0 Å². The number of nitrogens with zero attached hydrogens (tertiary/aromatic N) is 1. The average Bonchev–Trinajstić information content (AvgIpc) is 2.58. The molecule has 1 aliphatic rings. The number of amides is 2. The van der Waals surface area contributed by atoms with Crippen LogP contribution in [0.3, 0.4) is 0 Å². The summed E-state index contributed by atoms with van der Waals surface area (Å²) in [5.74, 6) is -0.494. The molecule has 132 valence electrons. The van der Waals surface area contributed by atoms with Gasteiger partial charge in [0.25, 0.3) is 5.82 Å². The van der Waals surface area contributed by atoms with E-state index < -0.39 is 11.6 Å². The van der Waals surface area contributed by atoms with Crippen LogP contribution in [0.25, 0.3) is 0 Å². The number of aromatic nitrogens is 1. The molecule has 1 fully saturated rings. The SMILES string of the molecule is Cc1cccc(NC2CCN(C(=O)Nc3ccc(F)cc3F)CC2)[nH+]1. The quantitative estimate of drug-likeness (QED) is 0.896. The van der Waals surface area contributed by atoms with Crippen LogP contribution >= 0.6 is 0 Å². The summed E-state index contributed by atoms with van der Waals surface area (Å²) in [5, 5.41) is 5.93. The number of urea groups is 1. The molecule has 0 unspecified atom stereocenters. The molecule has 1 aromatic carbocycles. The normalized spacial score (nSPS) is 15.1. The summed E-state index contributed by atoms with van der Waals surface area (Å²) < 4.78 is 26.5. The molecule has 1 saturated heterocycles. The zero-order valence-electron chi connectivity index (χ0n) is 14.0. The number of aryl methyl sites for hydroxylation is 1. The van der Waals surface area contributed by atoms with Gasteiger partial charge in [-0.1, -0.05) is 6.07 Å². The molecular formula is C18H21F2N4O+. The molecule has 0 bridgehead atoms. The van der Waals surface area contributed by atoms with E-state index in [0.29, 0.717) is 13.1 Å². The first-order valence-electron chi connectivity index (χ1n) is 8.28. The number of aromatic amines is 1. The monoisotopic (exact) mass is 347 g/mol. The first kappa shape index (κ1) is 17.1. The molecule has 0 saturated carbocycles. The fraction of sp³-hybridized carbons (Fsp3) is 0.333. The summed E-state index contributed by atoms with van der Waals surface area (Å²) >= 11 is 0. The van der Waals surface area contributed by atoms with Crippen LogP contribution in [-0.4, -0.2) is 30.1 Å². The Morgan fingerprint density at radius 1 is 1.20 bits per heavy atom. The molecule has 2 heterocycles. The Hall–Kier alpha value is -2.70. The first-order chi connectivity index (χ1) is 12.0. The van der Waals surface area contributed by atoms with Crippen molar-refractivity contribution < 1.29 is 18.6 Å². The third-order valence-electron chi connectivity index (χ3n) is 4.26. The molecule has 1 aromatic heterocycles. The maximum absolute atomic E-state index is 13.6. The predicted molar refractivity (Wildman–Crippen MR) is 91.3 cm³/mol. The lowest BCUT2D eigenvalue weighted by atomic mass is 10.1. The largest absolute Gasteiger partial charge is 0.324 e. The zero-order chi connectivity index (χ0) is 17.8. The third-order valence-corrected chi connectivity index (χ3v) is 4.26. The topological polar surface area (TPSA) is 58.5 Å². The molecule has 3 N–H and O–H groups in total. The predicted octanol–water partition coefficient (Wildman–Crippen LogP) is 3.20. The van der Waals surface area contributed by atoms with Gasteiger partial charge in [0.2, 0.25) is 0 Å². The van der Waals surface area contributed by atoms with E-state index in [1.807, 2.05) is 25.1 Å². The average molecular weight is 347 g/mol. The van der Waals surface area contributed by atoms with E-state index in [1.54, 1.807) is 4.90 Å². The van der Waals surface area contributed by atoms with Gasteiger partial charge in [0.05, 0.1) is 17.4 Å². The van der Waals surface area contributed by atoms with Crippen LogP contribution in [0.4, 0.5) is 25.1 Å². The van der Waals surface area contributed by atoms with Gasteiger partial charge in [-0.15, -0.1) is 0 Å². The lowest BCUT2D eigenvalue weighted by molar-refractivity contribution is -0.371. The van der Waals surface area contributed by atoms with Crippen LogP contribution in [0.5, 0.6) is 0 Å². The van der Waals surface area contributed by atoms with Crippen LogP contribution in [0.1, 0.15) is 18.5 Å². The van der Waals surface area contributed by atoms with Gasteiger partial charge in [-0.25, -0.2) is 18.6 Å². The number of benzene rings is 1. The number of pyridine rings is 1. The summed E-state index contributed by atoms with van der Waals surface area (Å²) in [6.07, 6.45) is 1.59. The van der Waals surface area contributed by atoms with Crippen molar-refractivity contribution in [2.24, 2.45) is 0 Å². The van der Waals surface area contributed by atoms with E-state index in [-0.39, 0.29) is 17.8 Å². The second-order valence-electron chi connectivity index (χ2n) is 6.21. The number of piperidine rings is 1. The summed E-state index contributed by atoms with van der Waals surface area (Å²) in [6.45, 7) is 3.13. The number of hydrogen-bond donors (Lipinski definition) is 2. The van der Waals surface area contributed by atoms with E-state index in [1.165, 1.54) is 6.07 Å². The minimum Gasteiger partial charge on any atom is -0.324 e. The molecule has 7 heteroatoms. The summed E-state index contributed by atoms with van der Waals surface area (Å²) in [7, 11) is 0. The second kappa shape index (κ2) is 7.46. The van der Waals surface area contributed by atoms with E-state index in [0.717, 1.165) is 36.5 Å². The van der Waals surface area contributed by atoms with E-state index in [9.17, 15) is 13.6 Å². The zero-order valence-corrected chi connectivity index (χ0v) is 14.0. The third kappa shape index (κ3) is 4.43. The van der Waals surface area contributed by atoms with Crippen molar-refractivity contribution in [1.82, 2.24) is 4.90 Å². The standard InChI is InChI=1S/C18H20F2N4O/c1-12-3-2-4-17(21-12)22-14-7-9-24(10-8-14)18(25)23-16-6-5-13(19)11-15(16)20/h2-6,11,14H,7-10H2,1H3,(H,21,22)(H,23,25)/p+1. The van der Waals surface area contributed by atoms with Gasteiger partial charge in [0, 0.05) is 38.1 Å². The van der Waals surface area contributed by atoms with Crippen molar-refractivity contribution in [3.8, 4) is 0 Å². The van der Waals surface area contributed by atoms with Gasteiger partial charge in [-0.3, -0.25) is 5.32 Å². The Bertz CT molecular complexity index is 760. The Morgan fingerprint density at radius 2 is 1.96 bits per heavy atom. The highest BCUT2D eigenvalue weighted by molar-refractivity contribution is 5.89. The lowest BCUT2D eigenvalue weighted by Gasteiger charge is -2.30. The molecular weight excluding hydrogens is 326 g/mol. The number of hydrogen-bond acceptors (Lipinski definition) is 2. The molecule has 0 atom stereocenters. The molecule has 0 spiro atoms. The van der Waals surface area contributed by atoms with Gasteiger partial charge in [-0.2, -0.15) is 0 Å². The van der Waals surface area contributed by atoms with Crippen LogP contribution in [0.2, 0.25) is 0 Å².